The number of hydrogen-bond donors (Lipinski definition) is 1. The van der Waals surface area contributed by atoms with Gasteiger partial charge in [0.05, 0.1) is 6.04 Å². The van der Waals surface area contributed by atoms with Gasteiger partial charge in [-0.1, -0.05) is 19.8 Å². The van der Waals surface area contributed by atoms with Gasteiger partial charge in [0.2, 0.25) is 0 Å². The molecule has 0 aromatic carbocycles. The predicted octanol–water partition coefficient (Wildman–Crippen LogP) is 2.57. The van der Waals surface area contributed by atoms with Gasteiger partial charge in [0.15, 0.2) is 0 Å². The molecule has 0 aromatic heterocycles. The van der Waals surface area contributed by atoms with E-state index in [0.29, 0.717) is 11.5 Å². The molecular weight excluding hydrogens is 158 g/mol. The van der Waals surface area contributed by atoms with Crippen LogP contribution in [0.4, 0.5) is 0 Å². The molecule has 1 heteroatoms. The van der Waals surface area contributed by atoms with E-state index in [0.717, 1.165) is 0 Å². The largest absolute Gasteiger partial charge is 0.301 e. The van der Waals surface area contributed by atoms with Crippen LogP contribution in [0.25, 0.3) is 0 Å². The summed E-state index contributed by atoms with van der Waals surface area (Å²) in [5, 5.41) is 3.47. The van der Waals surface area contributed by atoms with Crippen LogP contribution >= 0.6 is 0 Å². The maximum Gasteiger partial charge on any atom is 0.0660 e. The molecule has 1 N–H and O–H groups in total. The monoisotopic (exact) mass is 179 g/mol. The summed E-state index contributed by atoms with van der Waals surface area (Å²) in [6.45, 7) is 6.77. The van der Waals surface area contributed by atoms with Crippen LogP contribution in [-0.2, 0) is 0 Å². The molecule has 0 radical (unpaired) electrons. The fourth-order valence-corrected chi connectivity index (χ4v) is 1.97. The van der Waals surface area contributed by atoms with E-state index >= 15 is 0 Å². The van der Waals surface area contributed by atoms with Gasteiger partial charge in [0, 0.05) is 6.04 Å². The summed E-state index contributed by atoms with van der Waals surface area (Å²) in [4.78, 5) is 0. The zero-order valence-electron chi connectivity index (χ0n) is 9.06. The average Bonchev–Trinajstić information content (AvgIpc) is 2.08. The van der Waals surface area contributed by atoms with E-state index in [1.165, 1.54) is 25.7 Å². The molecule has 1 aliphatic rings. The minimum atomic E-state index is 0.228. The lowest BCUT2D eigenvalue weighted by molar-refractivity contribution is 0.204. The smallest absolute Gasteiger partial charge is 0.0660 e. The molecule has 0 aromatic rings. The summed E-state index contributed by atoms with van der Waals surface area (Å²) >= 11 is 0. The highest BCUT2D eigenvalue weighted by Gasteiger charge is 2.26. The molecular formula is C12H21N. The topological polar surface area (TPSA) is 12.0 Å². The SMILES string of the molecule is C#CC(C)NC1CCC(C)(C)CC1. The Labute approximate surface area is 82.3 Å². The lowest BCUT2D eigenvalue weighted by Gasteiger charge is -2.35. The first-order valence-corrected chi connectivity index (χ1v) is 5.26. The molecule has 13 heavy (non-hydrogen) atoms. The highest BCUT2D eigenvalue weighted by Crippen LogP contribution is 2.34. The molecule has 0 aliphatic heterocycles. The van der Waals surface area contributed by atoms with E-state index in [2.05, 4.69) is 32.0 Å². The molecule has 1 fully saturated rings. The maximum atomic E-state index is 5.33. The molecule has 1 rings (SSSR count). The molecule has 0 bridgehead atoms. The minimum Gasteiger partial charge on any atom is -0.301 e. The zero-order valence-corrected chi connectivity index (χ0v) is 9.06. The fraction of sp³-hybridized carbons (Fsp3) is 0.833. The first kappa shape index (κ1) is 10.6. The van der Waals surface area contributed by atoms with Gasteiger partial charge in [-0.05, 0) is 38.0 Å². The van der Waals surface area contributed by atoms with Crippen LogP contribution < -0.4 is 5.32 Å². The molecule has 74 valence electrons. The highest BCUT2D eigenvalue weighted by atomic mass is 14.9. The lowest BCUT2D eigenvalue weighted by atomic mass is 9.75. The average molecular weight is 179 g/mol. The van der Waals surface area contributed by atoms with Crippen molar-refractivity contribution in [2.75, 3.05) is 0 Å². The molecule has 1 atom stereocenters. The predicted molar refractivity (Wildman–Crippen MR) is 57.5 cm³/mol. The van der Waals surface area contributed by atoms with Crippen LogP contribution in [0.2, 0.25) is 0 Å². The third-order valence-electron chi connectivity index (χ3n) is 3.07. The van der Waals surface area contributed by atoms with Crippen LogP contribution in [-0.4, -0.2) is 12.1 Å². The van der Waals surface area contributed by atoms with Crippen LogP contribution in [0.3, 0.4) is 0 Å². The van der Waals surface area contributed by atoms with Crippen molar-refractivity contribution in [3.63, 3.8) is 0 Å². The van der Waals surface area contributed by atoms with Crippen molar-refractivity contribution >= 4 is 0 Å². The standard InChI is InChI=1S/C12H21N/c1-5-10(2)13-11-6-8-12(3,4)9-7-11/h1,10-11,13H,6-9H2,2-4H3. The van der Waals surface area contributed by atoms with E-state index in [9.17, 15) is 0 Å². The summed E-state index contributed by atoms with van der Waals surface area (Å²) in [6, 6.07) is 0.880. The molecule has 0 heterocycles. The summed E-state index contributed by atoms with van der Waals surface area (Å²) in [7, 11) is 0. The summed E-state index contributed by atoms with van der Waals surface area (Å²) in [5.74, 6) is 2.72. The normalized spacial score (nSPS) is 25.1. The zero-order chi connectivity index (χ0) is 9.90. The number of hydrogen-bond acceptors (Lipinski definition) is 1. The van der Waals surface area contributed by atoms with Gasteiger partial charge in [0.1, 0.15) is 0 Å². The summed E-state index contributed by atoms with van der Waals surface area (Å²) in [6.07, 6.45) is 10.5. The number of terminal acetylenes is 1. The second-order valence-corrected chi connectivity index (χ2v) is 4.99. The Hall–Kier alpha value is -0.480. The maximum absolute atomic E-state index is 5.33. The Morgan fingerprint density at radius 2 is 1.92 bits per heavy atom. The molecule has 1 aliphatic carbocycles. The quantitative estimate of drug-likeness (QED) is 0.642. The van der Waals surface area contributed by atoms with Crippen molar-refractivity contribution in [3.8, 4) is 12.3 Å². The Balaban J connectivity index is 2.30. The van der Waals surface area contributed by atoms with Gasteiger partial charge in [-0.2, -0.15) is 0 Å². The van der Waals surface area contributed by atoms with Crippen LogP contribution in [0.15, 0.2) is 0 Å². The summed E-state index contributed by atoms with van der Waals surface area (Å²) < 4.78 is 0. The molecule has 1 unspecified atom stereocenters. The van der Waals surface area contributed by atoms with Crippen molar-refractivity contribution in [1.82, 2.24) is 5.32 Å². The second kappa shape index (κ2) is 4.15. The van der Waals surface area contributed by atoms with Crippen molar-refractivity contribution in [2.24, 2.45) is 5.41 Å². The Bertz CT molecular complexity index is 190. The molecule has 1 nitrogen and oxygen atoms in total. The fourth-order valence-electron chi connectivity index (χ4n) is 1.97. The van der Waals surface area contributed by atoms with Crippen molar-refractivity contribution in [3.05, 3.63) is 0 Å². The lowest BCUT2D eigenvalue weighted by Crippen LogP contribution is -2.39. The molecule has 0 spiro atoms. The van der Waals surface area contributed by atoms with Crippen molar-refractivity contribution in [1.29, 1.82) is 0 Å². The van der Waals surface area contributed by atoms with E-state index in [1.54, 1.807) is 0 Å². The Morgan fingerprint density at radius 3 is 2.38 bits per heavy atom. The second-order valence-electron chi connectivity index (χ2n) is 4.99. The highest BCUT2D eigenvalue weighted by molar-refractivity contribution is 4.97. The van der Waals surface area contributed by atoms with Crippen molar-refractivity contribution < 1.29 is 0 Å². The first-order chi connectivity index (χ1) is 6.03. The molecule has 0 amide bonds. The Kier molecular flexibility index (Phi) is 3.39. The summed E-state index contributed by atoms with van der Waals surface area (Å²) in [5.41, 5.74) is 0.553. The van der Waals surface area contributed by atoms with Crippen LogP contribution in [0.5, 0.6) is 0 Å². The van der Waals surface area contributed by atoms with Gasteiger partial charge < -0.3 is 5.32 Å². The number of rotatable bonds is 2. The third kappa shape index (κ3) is 3.40. The van der Waals surface area contributed by atoms with Crippen molar-refractivity contribution in [2.45, 2.75) is 58.5 Å². The van der Waals surface area contributed by atoms with Gasteiger partial charge in [-0.3, -0.25) is 0 Å². The van der Waals surface area contributed by atoms with Crippen LogP contribution in [0, 0.1) is 17.8 Å². The van der Waals surface area contributed by atoms with Gasteiger partial charge in [-0.15, -0.1) is 6.42 Å². The minimum absolute atomic E-state index is 0.228. The van der Waals surface area contributed by atoms with Gasteiger partial charge in [-0.25, -0.2) is 0 Å². The van der Waals surface area contributed by atoms with E-state index in [1.807, 2.05) is 0 Å². The van der Waals surface area contributed by atoms with Gasteiger partial charge >= 0.3 is 0 Å². The van der Waals surface area contributed by atoms with Crippen LogP contribution in [0.1, 0.15) is 46.5 Å². The number of nitrogens with one attached hydrogen (secondary N) is 1. The molecule has 1 saturated carbocycles. The van der Waals surface area contributed by atoms with E-state index in [4.69, 9.17) is 6.42 Å². The third-order valence-corrected chi connectivity index (χ3v) is 3.07. The molecule has 0 saturated heterocycles. The van der Waals surface area contributed by atoms with Gasteiger partial charge in [0.25, 0.3) is 0 Å². The van der Waals surface area contributed by atoms with E-state index in [-0.39, 0.29) is 6.04 Å². The first-order valence-electron chi connectivity index (χ1n) is 5.26. The Morgan fingerprint density at radius 1 is 1.38 bits per heavy atom. The van der Waals surface area contributed by atoms with E-state index < -0.39 is 0 Å².